The number of benzene rings is 2. The van der Waals surface area contributed by atoms with Gasteiger partial charge in [0.05, 0.1) is 22.4 Å². The van der Waals surface area contributed by atoms with E-state index in [1.54, 1.807) is 24.3 Å². The summed E-state index contributed by atoms with van der Waals surface area (Å²) in [6.45, 7) is 2.19. The highest BCUT2D eigenvalue weighted by Crippen LogP contribution is 2.31. The van der Waals surface area contributed by atoms with Gasteiger partial charge in [0, 0.05) is 9.13 Å². The Hall–Kier alpha value is -1.47. The van der Waals surface area contributed by atoms with Crippen molar-refractivity contribution in [3.05, 3.63) is 51.6 Å². The molecule has 0 atom stereocenters. The Bertz CT molecular complexity index is 813. The van der Waals surface area contributed by atoms with Crippen LogP contribution in [0, 0.1) is 3.57 Å². The molecule has 21 heavy (non-hydrogen) atoms. The number of rotatable bonds is 3. The molecule has 0 aliphatic rings. The first-order valence-corrected chi connectivity index (χ1v) is 8.40. The van der Waals surface area contributed by atoms with Gasteiger partial charge in [-0.3, -0.25) is 0 Å². The van der Waals surface area contributed by atoms with Gasteiger partial charge in [0.25, 0.3) is 0 Å². The van der Waals surface area contributed by atoms with Crippen molar-refractivity contribution in [1.29, 1.82) is 0 Å². The minimum Gasteiger partial charge on any atom is -0.462 e. The van der Waals surface area contributed by atoms with Crippen LogP contribution in [0.1, 0.15) is 17.3 Å². The van der Waals surface area contributed by atoms with Crippen LogP contribution in [-0.2, 0) is 4.74 Å². The van der Waals surface area contributed by atoms with Crippen LogP contribution in [0.4, 0.5) is 0 Å². The predicted octanol–water partition coefficient (Wildman–Crippen LogP) is 4.74. The number of carbonyl (C=O) groups is 1. The van der Waals surface area contributed by atoms with Crippen LogP contribution >= 0.6 is 33.9 Å². The molecule has 0 amide bonds. The van der Waals surface area contributed by atoms with Crippen LogP contribution in [0.3, 0.4) is 0 Å². The molecule has 3 aromatic rings. The van der Waals surface area contributed by atoms with E-state index in [0.29, 0.717) is 12.2 Å². The number of nitrogens with zero attached hydrogens (tertiary/aromatic N) is 1. The molecule has 0 aliphatic heterocycles. The first-order chi connectivity index (χ1) is 10.2. The number of hydrogen-bond donors (Lipinski definition) is 0. The average molecular weight is 409 g/mol. The van der Waals surface area contributed by atoms with E-state index < -0.39 is 0 Å². The summed E-state index contributed by atoms with van der Waals surface area (Å²) in [5.74, 6) is -0.288. The molecule has 5 heteroatoms. The van der Waals surface area contributed by atoms with Crippen molar-refractivity contribution < 1.29 is 9.53 Å². The molecular formula is C16H12INO2S. The maximum atomic E-state index is 11.8. The first kappa shape index (κ1) is 14.5. The summed E-state index contributed by atoms with van der Waals surface area (Å²) in [6.07, 6.45) is 0. The average Bonchev–Trinajstić information content (AvgIpc) is 2.90. The summed E-state index contributed by atoms with van der Waals surface area (Å²) in [7, 11) is 0. The molecule has 0 spiro atoms. The number of hydrogen-bond acceptors (Lipinski definition) is 4. The number of thiazole rings is 1. The van der Waals surface area contributed by atoms with Gasteiger partial charge in [-0.15, -0.1) is 11.3 Å². The van der Waals surface area contributed by atoms with E-state index in [1.807, 2.05) is 24.3 Å². The SMILES string of the molecule is CCOC(=O)c1ccc2nc(-c3cccc(I)c3)sc2c1. The van der Waals surface area contributed by atoms with Gasteiger partial charge in [0.15, 0.2) is 0 Å². The van der Waals surface area contributed by atoms with Crippen molar-refractivity contribution in [3.8, 4) is 10.6 Å². The standard InChI is InChI=1S/C16H12INO2S/c1-2-20-16(19)11-6-7-13-14(9-11)21-15(18-13)10-4-3-5-12(17)8-10/h3-9H,2H2,1H3. The topological polar surface area (TPSA) is 39.2 Å². The van der Waals surface area contributed by atoms with E-state index in [9.17, 15) is 4.79 Å². The molecule has 1 aromatic heterocycles. The normalized spacial score (nSPS) is 10.8. The Kier molecular flexibility index (Phi) is 4.21. The third-order valence-corrected chi connectivity index (χ3v) is 4.71. The van der Waals surface area contributed by atoms with E-state index in [0.717, 1.165) is 20.8 Å². The number of carbonyl (C=O) groups excluding carboxylic acids is 1. The molecule has 0 saturated heterocycles. The minimum atomic E-state index is -0.288. The molecule has 0 radical (unpaired) electrons. The monoisotopic (exact) mass is 409 g/mol. The molecule has 3 rings (SSSR count). The zero-order valence-corrected chi connectivity index (χ0v) is 14.3. The summed E-state index contributed by atoms with van der Waals surface area (Å²) in [6, 6.07) is 13.7. The molecule has 3 nitrogen and oxygen atoms in total. The number of fused-ring (bicyclic) bond motifs is 1. The quantitative estimate of drug-likeness (QED) is 0.463. The van der Waals surface area contributed by atoms with E-state index in [1.165, 1.54) is 3.57 Å². The number of esters is 1. The molecule has 1 heterocycles. The third-order valence-electron chi connectivity index (χ3n) is 2.97. The summed E-state index contributed by atoms with van der Waals surface area (Å²) < 4.78 is 7.20. The Morgan fingerprint density at radius 2 is 2.14 bits per heavy atom. The van der Waals surface area contributed by atoms with Gasteiger partial charge < -0.3 is 4.74 Å². The van der Waals surface area contributed by atoms with E-state index in [2.05, 4.69) is 39.7 Å². The van der Waals surface area contributed by atoms with Crippen LogP contribution in [-0.4, -0.2) is 17.6 Å². The third kappa shape index (κ3) is 3.08. The largest absolute Gasteiger partial charge is 0.462 e. The Morgan fingerprint density at radius 3 is 2.90 bits per heavy atom. The fraction of sp³-hybridized carbons (Fsp3) is 0.125. The number of halogens is 1. The Labute approximate surface area is 140 Å². The second-order valence-electron chi connectivity index (χ2n) is 4.43. The van der Waals surface area contributed by atoms with Gasteiger partial charge in [-0.1, -0.05) is 12.1 Å². The van der Waals surface area contributed by atoms with Gasteiger partial charge in [-0.05, 0) is 59.8 Å². The summed E-state index contributed by atoms with van der Waals surface area (Å²) >= 11 is 3.88. The maximum absolute atomic E-state index is 11.8. The molecule has 106 valence electrons. The first-order valence-electron chi connectivity index (χ1n) is 6.51. The van der Waals surface area contributed by atoms with Crippen LogP contribution in [0.25, 0.3) is 20.8 Å². The van der Waals surface area contributed by atoms with Crippen molar-refractivity contribution in [3.63, 3.8) is 0 Å². The summed E-state index contributed by atoms with van der Waals surface area (Å²) in [4.78, 5) is 16.4. The van der Waals surface area contributed by atoms with Crippen molar-refractivity contribution in [2.45, 2.75) is 6.92 Å². The van der Waals surface area contributed by atoms with E-state index >= 15 is 0 Å². The molecule has 0 saturated carbocycles. The fourth-order valence-electron chi connectivity index (χ4n) is 2.01. The van der Waals surface area contributed by atoms with E-state index in [-0.39, 0.29) is 5.97 Å². The highest BCUT2D eigenvalue weighted by atomic mass is 127. The van der Waals surface area contributed by atoms with Crippen molar-refractivity contribution in [2.24, 2.45) is 0 Å². The van der Waals surface area contributed by atoms with Gasteiger partial charge in [0.1, 0.15) is 5.01 Å². The molecule has 0 aliphatic carbocycles. The predicted molar refractivity (Wildman–Crippen MR) is 93.7 cm³/mol. The Morgan fingerprint density at radius 1 is 1.29 bits per heavy atom. The van der Waals surface area contributed by atoms with Crippen molar-refractivity contribution >= 4 is 50.1 Å². The lowest BCUT2D eigenvalue weighted by atomic mass is 10.2. The van der Waals surface area contributed by atoms with Crippen LogP contribution in [0.15, 0.2) is 42.5 Å². The van der Waals surface area contributed by atoms with E-state index in [4.69, 9.17) is 4.74 Å². The lowest BCUT2D eigenvalue weighted by Gasteiger charge is -2.00. The molecule has 0 fully saturated rings. The lowest BCUT2D eigenvalue weighted by molar-refractivity contribution is 0.0526. The maximum Gasteiger partial charge on any atom is 0.338 e. The molecule has 0 unspecified atom stereocenters. The van der Waals surface area contributed by atoms with Crippen molar-refractivity contribution in [2.75, 3.05) is 6.61 Å². The Balaban J connectivity index is 2.02. The highest BCUT2D eigenvalue weighted by molar-refractivity contribution is 14.1. The minimum absolute atomic E-state index is 0.288. The van der Waals surface area contributed by atoms with Crippen LogP contribution in [0.5, 0.6) is 0 Å². The highest BCUT2D eigenvalue weighted by Gasteiger charge is 2.11. The van der Waals surface area contributed by atoms with Crippen LogP contribution in [0.2, 0.25) is 0 Å². The van der Waals surface area contributed by atoms with Gasteiger partial charge in [0.2, 0.25) is 0 Å². The second kappa shape index (κ2) is 6.11. The fourth-order valence-corrected chi connectivity index (χ4v) is 3.56. The number of aromatic nitrogens is 1. The van der Waals surface area contributed by atoms with Crippen molar-refractivity contribution in [1.82, 2.24) is 4.98 Å². The molecule has 0 N–H and O–H groups in total. The molecular weight excluding hydrogens is 397 g/mol. The summed E-state index contributed by atoms with van der Waals surface area (Å²) in [5.41, 5.74) is 2.57. The zero-order chi connectivity index (χ0) is 14.8. The molecule has 0 bridgehead atoms. The van der Waals surface area contributed by atoms with Gasteiger partial charge >= 0.3 is 5.97 Å². The van der Waals surface area contributed by atoms with Gasteiger partial charge in [-0.25, -0.2) is 9.78 Å². The zero-order valence-electron chi connectivity index (χ0n) is 11.3. The second-order valence-corrected chi connectivity index (χ2v) is 6.71. The van der Waals surface area contributed by atoms with Crippen LogP contribution < -0.4 is 0 Å². The molecule has 2 aromatic carbocycles. The summed E-state index contributed by atoms with van der Waals surface area (Å²) in [5, 5.41) is 0.963. The number of ether oxygens (including phenoxy) is 1. The lowest BCUT2D eigenvalue weighted by Crippen LogP contribution is -2.03. The van der Waals surface area contributed by atoms with Gasteiger partial charge in [-0.2, -0.15) is 0 Å². The smallest absolute Gasteiger partial charge is 0.338 e.